The summed E-state index contributed by atoms with van der Waals surface area (Å²) in [6.45, 7) is 0. The summed E-state index contributed by atoms with van der Waals surface area (Å²) < 4.78 is 31.5. The molecule has 0 heterocycles. The fraction of sp³-hybridized carbons (Fsp3) is 0.133. The zero-order valence-electron chi connectivity index (χ0n) is 11.6. The summed E-state index contributed by atoms with van der Waals surface area (Å²) in [5.41, 5.74) is 5.85. The van der Waals surface area contributed by atoms with Crippen molar-refractivity contribution in [2.75, 3.05) is 24.8 Å². The zero-order valence-corrected chi connectivity index (χ0v) is 11.6. The molecule has 0 saturated heterocycles. The molecule has 0 unspecified atom stereocenters. The number of ether oxygens (including phenoxy) is 1. The molecule has 2 aromatic rings. The van der Waals surface area contributed by atoms with Gasteiger partial charge in [0.25, 0.3) is 5.91 Å². The fourth-order valence-electron chi connectivity index (χ4n) is 1.94. The predicted octanol–water partition coefficient (Wildman–Crippen LogP) is 2.83. The Balaban J connectivity index is 2.42. The van der Waals surface area contributed by atoms with E-state index in [2.05, 4.69) is 0 Å². The van der Waals surface area contributed by atoms with Gasteiger partial charge < -0.3 is 15.4 Å². The van der Waals surface area contributed by atoms with Gasteiger partial charge in [-0.3, -0.25) is 4.79 Å². The number of amides is 1. The average Bonchev–Trinajstić information content (AvgIpc) is 2.49. The van der Waals surface area contributed by atoms with E-state index in [1.54, 1.807) is 24.3 Å². The van der Waals surface area contributed by atoms with Crippen LogP contribution >= 0.6 is 0 Å². The van der Waals surface area contributed by atoms with Crippen LogP contribution in [0.5, 0.6) is 5.75 Å². The Bertz CT molecular complexity index is 689. The van der Waals surface area contributed by atoms with Crippen molar-refractivity contribution < 1.29 is 18.3 Å². The average molecular weight is 292 g/mol. The van der Waals surface area contributed by atoms with E-state index in [1.165, 1.54) is 19.1 Å². The van der Waals surface area contributed by atoms with Crippen LogP contribution in [-0.4, -0.2) is 20.1 Å². The molecule has 2 rings (SSSR count). The molecule has 0 aliphatic carbocycles. The third-order valence-corrected chi connectivity index (χ3v) is 3.07. The van der Waals surface area contributed by atoms with Crippen LogP contribution in [0.2, 0.25) is 0 Å². The van der Waals surface area contributed by atoms with Crippen LogP contribution in [0.3, 0.4) is 0 Å². The Morgan fingerprint density at radius 3 is 2.48 bits per heavy atom. The van der Waals surface area contributed by atoms with Gasteiger partial charge in [0, 0.05) is 18.8 Å². The van der Waals surface area contributed by atoms with Crippen LogP contribution in [0.1, 0.15) is 10.4 Å². The molecule has 4 nitrogen and oxygen atoms in total. The fourth-order valence-corrected chi connectivity index (χ4v) is 1.94. The lowest BCUT2D eigenvalue weighted by Crippen LogP contribution is -2.27. The number of carbonyl (C=O) groups excluding carboxylic acids is 1. The molecule has 0 aromatic heterocycles. The molecule has 2 N–H and O–H groups in total. The third kappa shape index (κ3) is 2.79. The number of nitrogen functional groups attached to an aromatic ring is 1. The number of anilines is 2. The molecular formula is C15H14F2N2O2. The zero-order chi connectivity index (χ0) is 15.6. The maximum atomic E-state index is 13.3. The first kappa shape index (κ1) is 14.8. The minimum atomic E-state index is -1.12. The van der Waals surface area contributed by atoms with Crippen LogP contribution < -0.4 is 15.4 Å². The lowest BCUT2D eigenvalue weighted by atomic mass is 10.1. The molecule has 0 bridgehead atoms. The van der Waals surface area contributed by atoms with Crippen molar-refractivity contribution in [3.63, 3.8) is 0 Å². The second-order valence-corrected chi connectivity index (χ2v) is 4.39. The van der Waals surface area contributed by atoms with E-state index in [0.29, 0.717) is 11.4 Å². The quantitative estimate of drug-likeness (QED) is 0.885. The van der Waals surface area contributed by atoms with E-state index >= 15 is 0 Å². The first-order valence-electron chi connectivity index (χ1n) is 6.11. The van der Waals surface area contributed by atoms with Gasteiger partial charge in [0.05, 0.1) is 18.4 Å². The number of carbonyl (C=O) groups is 1. The van der Waals surface area contributed by atoms with Gasteiger partial charge in [-0.1, -0.05) is 12.1 Å². The highest BCUT2D eigenvalue weighted by atomic mass is 19.2. The number of rotatable bonds is 3. The Morgan fingerprint density at radius 1 is 1.19 bits per heavy atom. The topological polar surface area (TPSA) is 55.6 Å². The monoisotopic (exact) mass is 292 g/mol. The van der Waals surface area contributed by atoms with Crippen molar-refractivity contribution in [2.45, 2.75) is 0 Å². The summed E-state index contributed by atoms with van der Waals surface area (Å²) in [6.07, 6.45) is 0. The smallest absolute Gasteiger partial charge is 0.260 e. The number of hydrogen-bond donors (Lipinski definition) is 1. The molecule has 0 radical (unpaired) electrons. The number of hydrogen-bond acceptors (Lipinski definition) is 3. The van der Waals surface area contributed by atoms with Gasteiger partial charge in [0.2, 0.25) is 0 Å². The Labute approximate surface area is 120 Å². The molecule has 0 fully saturated rings. The minimum Gasteiger partial charge on any atom is -0.495 e. The maximum Gasteiger partial charge on any atom is 0.260 e. The second-order valence-electron chi connectivity index (χ2n) is 4.39. The molecule has 0 atom stereocenters. The molecule has 0 aliphatic rings. The normalized spacial score (nSPS) is 10.3. The molecule has 6 heteroatoms. The van der Waals surface area contributed by atoms with Gasteiger partial charge in [-0.25, -0.2) is 8.78 Å². The standard InChI is InChI=1S/C15H14F2N2O2/c1-19(13-5-3-4-6-14(13)21-2)15(20)9-7-10(16)11(17)8-12(9)18/h3-8H,18H2,1-2H3. The van der Waals surface area contributed by atoms with Crippen molar-refractivity contribution >= 4 is 17.3 Å². The van der Waals surface area contributed by atoms with Crippen molar-refractivity contribution in [3.05, 3.63) is 53.6 Å². The van der Waals surface area contributed by atoms with Gasteiger partial charge in [0.1, 0.15) is 5.75 Å². The van der Waals surface area contributed by atoms with Gasteiger partial charge in [-0.05, 0) is 18.2 Å². The maximum absolute atomic E-state index is 13.3. The number of benzene rings is 2. The molecule has 21 heavy (non-hydrogen) atoms. The highest BCUT2D eigenvalue weighted by Crippen LogP contribution is 2.29. The van der Waals surface area contributed by atoms with Crippen molar-refractivity contribution in [1.82, 2.24) is 0 Å². The van der Waals surface area contributed by atoms with E-state index in [9.17, 15) is 13.6 Å². The summed E-state index contributed by atoms with van der Waals surface area (Å²) in [5.74, 6) is -2.30. The SMILES string of the molecule is COc1ccccc1N(C)C(=O)c1cc(F)c(F)cc1N. The highest BCUT2D eigenvalue weighted by molar-refractivity contribution is 6.09. The van der Waals surface area contributed by atoms with Crippen molar-refractivity contribution in [1.29, 1.82) is 0 Å². The van der Waals surface area contributed by atoms with E-state index < -0.39 is 17.5 Å². The predicted molar refractivity (Wildman–Crippen MR) is 76.5 cm³/mol. The van der Waals surface area contributed by atoms with Crippen LogP contribution in [0.4, 0.5) is 20.2 Å². The van der Waals surface area contributed by atoms with E-state index in [1.807, 2.05) is 0 Å². The van der Waals surface area contributed by atoms with Crippen molar-refractivity contribution in [3.8, 4) is 5.75 Å². The van der Waals surface area contributed by atoms with Crippen LogP contribution in [0.25, 0.3) is 0 Å². The molecule has 0 saturated carbocycles. The number of para-hydroxylation sites is 2. The minimum absolute atomic E-state index is 0.109. The third-order valence-electron chi connectivity index (χ3n) is 3.07. The molecular weight excluding hydrogens is 278 g/mol. The van der Waals surface area contributed by atoms with E-state index in [0.717, 1.165) is 12.1 Å². The van der Waals surface area contributed by atoms with Crippen LogP contribution in [0, 0.1) is 11.6 Å². The summed E-state index contributed by atoms with van der Waals surface area (Å²) >= 11 is 0. The summed E-state index contributed by atoms with van der Waals surface area (Å²) in [7, 11) is 2.98. The lowest BCUT2D eigenvalue weighted by molar-refractivity contribution is 0.0992. The first-order valence-corrected chi connectivity index (χ1v) is 6.11. The van der Waals surface area contributed by atoms with Crippen LogP contribution in [0.15, 0.2) is 36.4 Å². The molecule has 110 valence electrons. The van der Waals surface area contributed by atoms with Crippen molar-refractivity contribution in [2.24, 2.45) is 0 Å². The van der Waals surface area contributed by atoms with Gasteiger partial charge >= 0.3 is 0 Å². The lowest BCUT2D eigenvalue weighted by Gasteiger charge is -2.20. The number of methoxy groups -OCH3 is 1. The number of halogens is 2. The Morgan fingerprint density at radius 2 is 1.81 bits per heavy atom. The first-order chi connectivity index (χ1) is 9.95. The summed E-state index contributed by atoms with van der Waals surface area (Å²) in [5, 5.41) is 0. The largest absolute Gasteiger partial charge is 0.495 e. The van der Waals surface area contributed by atoms with Gasteiger partial charge in [0.15, 0.2) is 11.6 Å². The number of nitrogens with two attached hydrogens (primary N) is 1. The molecule has 0 spiro atoms. The Hall–Kier alpha value is -2.63. The van der Waals surface area contributed by atoms with Gasteiger partial charge in [-0.15, -0.1) is 0 Å². The summed E-state index contributed by atoms with van der Waals surface area (Å²) in [4.78, 5) is 13.7. The van der Waals surface area contributed by atoms with E-state index in [-0.39, 0.29) is 11.3 Å². The van der Waals surface area contributed by atoms with E-state index in [4.69, 9.17) is 10.5 Å². The second kappa shape index (κ2) is 5.78. The van der Waals surface area contributed by atoms with Gasteiger partial charge in [-0.2, -0.15) is 0 Å². The molecule has 2 aromatic carbocycles. The highest BCUT2D eigenvalue weighted by Gasteiger charge is 2.20. The van der Waals surface area contributed by atoms with Crippen LogP contribution in [-0.2, 0) is 0 Å². The summed E-state index contributed by atoms with van der Waals surface area (Å²) in [6, 6.07) is 8.43. The molecule has 1 amide bonds. The Kier molecular flexibility index (Phi) is 4.07. The number of nitrogens with zero attached hydrogens (tertiary/aromatic N) is 1. The molecule has 0 aliphatic heterocycles.